The maximum absolute atomic E-state index is 10.8. The van der Waals surface area contributed by atoms with E-state index in [-0.39, 0.29) is 17.8 Å². The number of aromatic hydroxyl groups is 1. The molecule has 2 unspecified atom stereocenters. The van der Waals surface area contributed by atoms with Crippen molar-refractivity contribution >= 4 is 5.97 Å². The quantitative estimate of drug-likeness (QED) is 0.592. The summed E-state index contributed by atoms with van der Waals surface area (Å²) in [5, 5.41) is 19.4. The molecular weight excluding hydrogens is 296 g/mol. The van der Waals surface area contributed by atoms with Gasteiger partial charge in [0.2, 0.25) is 0 Å². The van der Waals surface area contributed by atoms with Crippen LogP contribution in [-0.2, 0) is 11.2 Å². The molecule has 2 N–H and O–H groups in total. The lowest BCUT2D eigenvalue weighted by molar-refractivity contribution is -0.131. The standard InChI is InChI=1S/C18H24O5/c1-4-5-6-7-13-17-12(8-9-16(19)20)11(2)23-14(17)10-15(22-3)18(13)21/h8-12,21H,4-7H2,1-3H3,(H,19,20). The van der Waals surface area contributed by atoms with Gasteiger partial charge < -0.3 is 19.7 Å². The first kappa shape index (κ1) is 17.2. The average molecular weight is 320 g/mol. The Hall–Kier alpha value is -2.17. The van der Waals surface area contributed by atoms with Gasteiger partial charge in [0.15, 0.2) is 11.5 Å². The van der Waals surface area contributed by atoms with Crippen LogP contribution in [0.1, 0.15) is 50.2 Å². The predicted molar refractivity (Wildman–Crippen MR) is 87.5 cm³/mol. The number of aliphatic carboxylic acids is 1. The SMILES string of the molecule is CCCCCc1c(O)c(OC)cc2c1C(C=CC(=O)O)C(C)O2. The fourth-order valence-electron chi connectivity index (χ4n) is 3.06. The van der Waals surface area contributed by atoms with Crippen LogP contribution >= 0.6 is 0 Å². The fraction of sp³-hybridized carbons (Fsp3) is 0.500. The summed E-state index contributed by atoms with van der Waals surface area (Å²) in [5.74, 6) is 0.0169. The molecule has 0 amide bonds. The number of ether oxygens (including phenoxy) is 2. The molecule has 2 rings (SSSR count). The number of phenols is 1. The zero-order chi connectivity index (χ0) is 17.0. The van der Waals surface area contributed by atoms with E-state index < -0.39 is 5.97 Å². The number of unbranched alkanes of at least 4 members (excludes halogenated alkanes) is 2. The molecular formula is C18H24O5. The highest BCUT2D eigenvalue weighted by Crippen LogP contribution is 2.48. The summed E-state index contributed by atoms with van der Waals surface area (Å²) in [6.07, 6.45) is 6.40. The van der Waals surface area contributed by atoms with Gasteiger partial charge in [-0.3, -0.25) is 0 Å². The van der Waals surface area contributed by atoms with Gasteiger partial charge in [-0.2, -0.15) is 0 Å². The van der Waals surface area contributed by atoms with Crippen molar-refractivity contribution in [2.75, 3.05) is 7.11 Å². The zero-order valence-electron chi connectivity index (χ0n) is 13.8. The van der Waals surface area contributed by atoms with Gasteiger partial charge in [-0.15, -0.1) is 0 Å². The van der Waals surface area contributed by atoms with Crippen LogP contribution in [0.2, 0.25) is 0 Å². The molecule has 0 radical (unpaired) electrons. The average Bonchev–Trinajstić information content (AvgIpc) is 2.82. The maximum Gasteiger partial charge on any atom is 0.328 e. The molecule has 0 aromatic heterocycles. The molecule has 0 spiro atoms. The monoisotopic (exact) mass is 320 g/mol. The minimum atomic E-state index is -0.990. The number of carboxylic acid groups (broad SMARTS) is 1. The van der Waals surface area contributed by atoms with E-state index in [9.17, 15) is 9.90 Å². The molecule has 1 aliphatic rings. The number of rotatable bonds is 7. The van der Waals surface area contributed by atoms with Crippen molar-refractivity contribution in [1.82, 2.24) is 0 Å². The van der Waals surface area contributed by atoms with E-state index in [1.54, 1.807) is 12.1 Å². The third-order valence-electron chi connectivity index (χ3n) is 4.22. The van der Waals surface area contributed by atoms with E-state index in [0.29, 0.717) is 17.9 Å². The Kier molecular flexibility index (Phi) is 5.53. The molecule has 0 bridgehead atoms. The minimum Gasteiger partial charge on any atom is -0.504 e. The smallest absolute Gasteiger partial charge is 0.328 e. The Morgan fingerprint density at radius 2 is 2.17 bits per heavy atom. The molecule has 1 aromatic carbocycles. The summed E-state index contributed by atoms with van der Waals surface area (Å²) < 4.78 is 11.1. The van der Waals surface area contributed by atoms with Gasteiger partial charge in [-0.05, 0) is 19.8 Å². The van der Waals surface area contributed by atoms with E-state index >= 15 is 0 Å². The zero-order valence-corrected chi connectivity index (χ0v) is 13.8. The molecule has 0 aliphatic carbocycles. The molecule has 0 fully saturated rings. The highest BCUT2D eigenvalue weighted by atomic mass is 16.5. The summed E-state index contributed by atoms with van der Waals surface area (Å²) in [6.45, 7) is 4.02. The van der Waals surface area contributed by atoms with Crippen molar-refractivity contribution < 1.29 is 24.5 Å². The number of hydrogen-bond acceptors (Lipinski definition) is 4. The third-order valence-corrected chi connectivity index (χ3v) is 4.22. The predicted octanol–water partition coefficient (Wildman–Crippen LogP) is 3.64. The van der Waals surface area contributed by atoms with E-state index in [1.165, 1.54) is 7.11 Å². The summed E-state index contributed by atoms with van der Waals surface area (Å²) >= 11 is 0. The van der Waals surface area contributed by atoms with Gasteiger partial charge in [-0.25, -0.2) is 4.79 Å². The first-order valence-corrected chi connectivity index (χ1v) is 8.00. The number of phenolic OH excluding ortho intramolecular Hbond substituents is 1. The van der Waals surface area contributed by atoms with Crippen molar-refractivity contribution in [3.05, 3.63) is 29.3 Å². The molecule has 126 valence electrons. The molecule has 0 saturated heterocycles. The van der Waals surface area contributed by atoms with Crippen LogP contribution in [0.25, 0.3) is 0 Å². The van der Waals surface area contributed by atoms with Crippen LogP contribution < -0.4 is 9.47 Å². The Morgan fingerprint density at radius 3 is 2.78 bits per heavy atom. The first-order valence-electron chi connectivity index (χ1n) is 8.00. The van der Waals surface area contributed by atoms with Gasteiger partial charge in [-0.1, -0.05) is 25.8 Å². The number of fused-ring (bicyclic) bond motifs is 1. The molecule has 1 heterocycles. The van der Waals surface area contributed by atoms with Crippen LogP contribution in [0.3, 0.4) is 0 Å². The van der Waals surface area contributed by atoms with Gasteiger partial charge in [0.05, 0.1) is 7.11 Å². The number of carbonyl (C=O) groups is 1. The lowest BCUT2D eigenvalue weighted by atomic mass is 9.88. The second kappa shape index (κ2) is 7.40. The van der Waals surface area contributed by atoms with Crippen molar-refractivity contribution in [2.24, 2.45) is 0 Å². The summed E-state index contributed by atoms with van der Waals surface area (Å²) in [5.41, 5.74) is 1.68. The highest BCUT2D eigenvalue weighted by Gasteiger charge is 2.34. The fourth-order valence-corrected chi connectivity index (χ4v) is 3.06. The molecule has 1 aliphatic heterocycles. The molecule has 5 heteroatoms. The molecule has 1 aromatic rings. The summed E-state index contributed by atoms with van der Waals surface area (Å²) in [6, 6.07) is 1.68. The van der Waals surface area contributed by atoms with E-state index in [1.807, 2.05) is 6.92 Å². The second-order valence-electron chi connectivity index (χ2n) is 5.82. The van der Waals surface area contributed by atoms with E-state index in [0.717, 1.165) is 36.5 Å². The first-order chi connectivity index (χ1) is 11.0. The Labute approximate surface area is 136 Å². The minimum absolute atomic E-state index is 0.133. The number of benzene rings is 1. The lowest BCUT2D eigenvalue weighted by Gasteiger charge is -2.16. The van der Waals surface area contributed by atoms with Gasteiger partial charge >= 0.3 is 5.97 Å². The maximum atomic E-state index is 10.8. The van der Waals surface area contributed by atoms with Crippen molar-refractivity contribution in [2.45, 2.75) is 51.6 Å². The van der Waals surface area contributed by atoms with Gasteiger partial charge in [0, 0.05) is 29.2 Å². The number of hydrogen-bond donors (Lipinski definition) is 2. The molecule has 5 nitrogen and oxygen atoms in total. The normalized spacial score (nSPS) is 19.6. The summed E-state index contributed by atoms with van der Waals surface area (Å²) in [7, 11) is 1.51. The van der Waals surface area contributed by atoms with Gasteiger partial charge in [0.1, 0.15) is 11.9 Å². The van der Waals surface area contributed by atoms with Crippen LogP contribution in [0.15, 0.2) is 18.2 Å². The Balaban J connectivity index is 2.47. The van der Waals surface area contributed by atoms with Crippen molar-refractivity contribution in [3.8, 4) is 17.2 Å². The lowest BCUT2D eigenvalue weighted by Crippen LogP contribution is -2.13. The van der Waals surface area contributed by atoms with Crippen LogP contribution in [-0.4, -0.2) is 29.4 Å². The van der Waals surface area contributed by atoms with Crippen molar-refractivity contribution in [1.29, 1.82) is 0 Å². The highest BCUT2D eigenvalue weighted by molar-refractivity contribution is 5.80. The van der Waals surface area contributed by atoms with Crippen LogP contribution in [0.4, 0.5) is 0 Å². The molecule has 23 heavy (non-hydrogen) atoms. The number of carboxylic acids is 1. The second-order valence-corrected chi connectivity index (χ2v) is 5.82. The van der Waals surface area contributed by atoms with Crippen LogP contribution in [0.5, 0.6) is 17.2 Å². The Bertz CT molecular complexity index is 606. The third kappa shape index (κ3) is 3.60. The topological polar surface area (TPSA) is 76.0 Å². The number of methoxy groups -OCH3 is 1. The Morgan fingerprint density at radius 1 is 1.43 bits per heavy atom. The largest absolute Gasteiger partial charge is 0.504 e. The van der Waals surface area contributed by atoms with E-state index in [2.05, 4.69) is 6.92 Å². The summed E-state index contributed by atoms with van der Waals surface area (Å²) in [4.78, 5) is 10.8. The van der Waals surface area contributed by atoms with E-state index in [4.69, 9.17) is 14.6 Å². The molecule has 2 atom stereocenters. The van der Waals surface area contributed by atoms with Gasteiger partial charge in [0.25, 0.3) is 0 Å². The molecule has 0 saturated carbocycles. The van der Waals surface area contributed by atoms with Crippen molar-refractivity contribution in [3.63, 3.8) is 0 Å². The van der Waals surface area contributed by atoms with Crippen LogP contribution in [0, 0.1) is 0 Å².